The van der Waals surface area contributed by atoms with E-state index in [0.717, 1.165) is 25.9 Å². The molecule has 0 aliphatic carbocycles. The van der Waals surface area contributed by atoms with E-state index in [1.165, 1.54) is 12.1 Å². The van der Waals surface area contributed by atoms with Crippen LogP contribution in [0.1, 0.15) is 37.0 Å². The second kappa shape index (κ2) is 5.51. The Hall–Kier alpha value is -1.71. The molecule has 0 aromatic heterocycles. The Morgan fingerprint density at radius 3 is 2.58 bits per heavy atom. The fourth-order valence-electron chi connectivity index (χ4n) is 2.67. The molecule has 1 fully saturated rings. The molecule has 0 atom stereocenters. The van der Waals surface area contributed by atoms with E-state index in [0.29, 0.717) is 23.1 Å². The number of phenolic OH excluding ortho intramolecular Hbond substituents is 1. The minimum atomic E-state index is -0.0735. The maximum Gasteiger partial charge on any atom is 0.256 e. The Morgan fingerprint density at radius 2 is 2.00 bits per heavy atom. The SMILES string of the molecule is CC(C)C1CCN(C(=O)c2cc(O)ccc2N)CC1. The molecule has 1 aliphatic heterocycles. The van der Waals surface area contributed by atoms with Crippen LogP contribution in [0, 0.1) is 11.8 Å². The zero-order valence-electron chi connectivity index (χ0n) is 11.6. The van der Waals surface area contributed by atoms with Crippen molar-refractivity contribution in [3.05, 3.63) is 23.8 Å². The third-order valence-electron chi connectivity index (χ3n) is 4.04. The minimum Gasteiger partial charge on any atom is -0.508 e. The number of carbonyl (C=O) groups is 1. The standard InChI is InChI=1S/C15H22N2O2/c1-10(2)11-5-7-17(8-6-11)15(19)13-9-12(18)3-4-14(13)16/h3-4,9-11,18H,5-8,16H2,1-2H3. The molecule has 3 N–H and O–H groups in total. The third kappa shape index (κ3) is 3.00. The van der Waals surface area contributed by atoms with Crippen molar-refractivity contribution in [1.82, 2.24) is 4.90 Å². The number of hydrogen-bond acceptors (Lipinski definition) is 3. The lowest BCUT2D eigenvalue weighted by Crippen LogP contribution is -2.39. The lowest BCUT2D eigenvalue weighted by molar-refractivity contribution is 0.0668. The number of carbonyl (C=O) groups excluding carboxylic acids is 1. The highest BCUT2D eigenvalue weighted by molar-refractivity contribution is 5.99. The smallest absolute Gasteiger partial charge is 0.256 e. The number of nitrogen functional groups attached to an aromatic ring is 1. The van der Waals surface area contributed by atoms with Gasteiger partial charge in [-0.1, -0.05) is 13.8 Å². The Bertz CT molecular complexity index is 463. The largest absolute Gasteiger partial charge is 0.508 e. The molecule has 1 heterocycles. The second-order valence-corrected chi connectivity index (χ2v) is 5.65. The van der Waals surface area contributed by atoms with Crippen LogP contribution in [-0.4, -0.2) is 29.0 Å². The molecule has 1 saturated heterocycles. The van der Waals surface area contributed by atoms with Gasteiger partial charge in [-0.15, -0.1) is 0 Å². The number of phenols is 1. The molecule has 0 radical (unpaired) electrons. The van der Waals surface area contributed by atoms with Gasteiger partial charge in [-0.3, -0.25) is 4.79 Å². The van der Waals surface area contributed by atoms with Gasteiger partial charge in [-0.2, -0.15) is 0 Å². The Kier molecular flexibility index (Phi) is 3.98. The van der Waals surface area contributed by atoms with E-state index in [4.69, 9.17) is 5.73 Å². The normalized spacial score (nSPS) is 16.9. The first-order valence-corrected chi connectivity index (χ1v) is 6.87. The highest BCUT2D eigenvalue weighted by atomic mass is 16.3. The number of hydrogen-bond donors (Lipinski definition) is 2. The number of nitrogens with zero attached hydrogens (tertiary/aromatic N) is 1. The number of nitrogens with two attached hydrogens (primary N) is 1. The van der Waals surface area contributed by atoms with Crippen LogP contribution in [0.5, 0.6) is 5.75 Å². The van der Waals surface area contributed by atoms with Crippen LogP contribution < -0.4 is 5.73 Å². The summed E-state index contributed by atoms with van der Waals surface area (Å²) in [6.07, 6.45) is 2.09. The molecule has 0 bridgehead atoms. The van der Waals surface area contributed by atoms with E-state index in [-0.39, 0.29) is 11.7 Å². The summed E-state index contributed by atoms with van der Waals surface area (Å²) in [4.78, 5) is 14.2. The number of likely N-dealkylation sites (tertiary alicyclic amines) is 1. The van der Waals surface area contributed by atoms with Crippen molar-refractivity contribution in [2.24, 2.45) is 11.8 Å². The average Bonchev–Trinajstić information content (AvgIpc) is 2.41. The molecule has 4 nitrogen and oxygen atoms in total. The van der Waals surface area contributed by atoms with Crippen LogP contribution >= 0.6 is 0 Å². The predicted octanol–water partition coefficient (Wildman–Crippen LogP) is 2.48. The van der Waals surface area contributed by atoms with Crippen molar-refractivity contribution >= 4 is 11.6 Å². The van der Waals surface area contributed by atoms with Crippen LogP contribution in [0.15, 0.2) is 18.2 Å². The molecular formula is C15H22N2O2. The number of piperidine rings is 1. The van der Waals surface area contributed by atoms with Gasteiger partial charge in [0.25, 0.3) is 5.91 Å². The number of aromatic hydroxyl groups is 1. The Labute approximate surface area is 114 Å². The summed E-state index contributed by atoms with van der Waals surface area (Å²) in [7, 11) is 0. The van der Waals surface area contributed by atoms with E-state index in [2.05, 4.69) is 13.8 Å². The molecule has 1 aromatic rings. The summed E-state index contributed by atoms with van der Waals surface area (Å²) in [6, 6.07) is 4.52. The Morgan fingerprint density at radius 1 is 1.37 bits per heavy atom. The van der Waals surface area contributed by atoms with Crippen molar-refractivity contribution in [2.45, 2.75) is 26.7 Å². The number of amides is 1. The molecular weight excluding hydrogens is 240 g/mol. The number of rotatable bonds is 2. The molecule has 4 heteroatoms. The van der Waals surface area contributed by atoms with E-state index >= 15 is 0 Å². The van der Waals surface area contributed by atoms with Crippen molar-refractivity contribution in [3.63, 3.8) is 0 Å². The summed E-state index contributed by atoms with van der Waals surface area (Å²) < 4.78 is 0. The molecule has 0 unspecified atom stereocenters. The van der Waals surface area contributed by atoms with Crippen LogP contribution in [0.4, 0.5) is 5.69 Å². The van der Waals surface area contributed by atoms with E-state index in [1.807, 2.05) is 4.90 Å². The van der Waals surface area contributed by atoms with Gasteiger partial charge in [0, 0.05) is 18.8 Å². The molecule has 1 amide bonds. The quantitative estimate of drug-likeness (QED) is 0.635. The maximum absolute atomic E-state index is 12.4. The first-order chi connectivity index (χ1) is 8.99. The van der Waals surface area contributed by atoms with Gasteiger partial charge in [0.15, 0.2) is 0 Å². The average molecular weight is 262 g/mol. The first-order valence-electron chi connectivity index (χ1n) is 6.87. The Balaban J connectivity index is 2.07. The van der Waals surface area contributed by atoms with Gasteiger partial charge in [0.2, 0.25) is 0 Å². The molecule has 19 heavy (non-hydrogen) atoms. The van der Waals surface area contributed by atoms with Gasteiger partial charge in [0.1, 0.15) is 5.75 Å². The van der Waals surface area contributed by atoms with Crippen molar-refractivity contribution in [1.29, 1.82) is 0 Å². The monoisotopic (exact) mass is 262 g/mol. The fourth-order valence-corrected chi connectivity index (χ4v) is 2.67. The summed E-state index contributed by atoms with van der Waals surface area (Å²) in [5.74, 6) is 1.37. The number of benzene rings is 1. The highest BCUT2D eigenvalue weighted by Crippen LogP contribution is 2.27. The molecule has 0 saturated carbocycles. The highest BCUT2D eigenvalue weighted by Gasteiger charge is 2.26. The molecule has 1 aromatic carbocycles. The van der Waals surface area contributed by atoms with Crippen molar-refractivity contribution in [3.8, 4) is 5.75 Å². The molecule has 1 aliphatic rings. The summed E-state index contributed by atoms with van der Waals surface area (Å²) in [5.41, 5.74) is 6.64. The minimum absolute atomic E-state index is 0.0735. The second-order valence-electron chi connectivity index (χ2n) is 5.65. The zero-order valence-corrected chi connectivity index (χ0v) is 11.6. The van der Waals surface area contributed by atoms with Gasteiger partial charge >= 0.3 is 0 Å². The zero-order chi connectivity index (χ0) is 14.0. The van der Waals surface area contributed by atoms with Crippen LogP contribution in [0.2, 0.25) is 0 Å². The molecule has 2 rings (SSSR count). The van der Waals surface area contributed by atoms with Crippen molar-refractivity contribution in [2.75, 3.05) is 18.8 Å². The van der Waals surface area contributed by atoms with Gasteiger partial charge in [-0.25, -0.2) is 0 Å². The van der Waals surface area contributed by atoms with Crippen LogP contribution in [-0.2, 0) is 0 Å². The van der Waals surface area contributed by atoms with Gasteiger partial charge in [0.05, 0.1) is 5.56 Å². The van der Waals surface area contributed by atoms with E-state index < -0.39 is 0 Å². The lowest BCUT2D eigenvalue weighted by Gasteiger charge is -2.34. The number of anilines is 1. The van der Waals surface area contributed by atoms with Gasteiger partial charge in [-0.05, 0) is 42.9 Å². The molecule has 104 valence electrons. The fraction of sp³-hybridized carbons (Fsp3) is 0.533. The predicted molar refractivity (Wildman–Crippen MR) is 76.0 cm³/mol. The summed E-state index contributed by atoms with van der Waals surface area (Å²) in [5, 5.41) is 9.47. The van der Waals surface area contributed by atoms with Crippen molar-refractivity contribution < 1.29 is 9.90 Å². The lowest BCUT2D eigenvalue weighted by atomic mass is 9.86. The maximum atomic E-state index is 12.4. The third-order valence-corrected chi connectivity index (χ3v) is 4.04. The van der Waals surface area contributed by atoms with E-state index in [9.17, 15) is 9.90 Å². The first kappa shape index (κ1) is 13.7. The van der Waals surface area contributed by atoms with E-state index in [1.54, 1.807) is 6.07 Å². The molecule has 0 spiro atoms. The van der Waals surface area contributed by atoms with Crippen LogP contribution in [0.3, 0.4) is 0 Å². The topological polar surface area (TPSA) is 66.6 Å². The summed E-state index contributed by atoms with van der Waals surface area (Å²) in [6.45, 7) is 6.01. The summed E-state index contributed by atoms with van der Waals surface area (Å²) >= 11 is 0. The van der Waals surface area contributed by atoms with Gasteiger partial charge < -0.3 is 15.7 Å². The van der Waals surface area contributed by atoms with Crippen LogP contribution in [0.25, 0.3) is 0 Å².